The Morgan fingerprint density at radius 3 is 2.61 bits per heavy atom. The van der Waals surface area contributed by atoms with Gasteiger partial charge in [-0.1, -0.05) is 30.3 Å². The maximum Gasteiger partial charge on any atom is 0.251 e. The Labute approximate surface area is 136 Å². The highest BCUT2D eigenvalue weighted by Crippen LogP contribution is 2.14. The lowest BCUT2D eigenvalue weighted by molar-refractivity contribution is 0.0930. The fourth-order valence-corrected chi connectivity index (χ4v) is 2.69. The maximum atomic E-state index is 12.2. The Kier molecular flexibility index (Phi) is 5.27. The Morgan fingerprint density at radius 1 is 1.13 bits per heavy atom. The molecule has 4 heteroatoms. The van der Waals surface area contributed by atoms with Crippen molar-refractivity contribution in [2.24, 2.45) is 0 Å². The van der Waals surface area contributed by atoms with E-state index in [1.54, 1.807) is 0 Å². The third kappa shape index (κ3) is 4.57. The van der Waals surface area contributed by atoms with Crippen molar-refractivity contribution in [2.75, 3.05) is 13.1 Å². The van der Waals surface area contributed by atoms with E-state index in [0.29, 0.717) is 12.2 Å². The highest BCUT2D eigenvalue weighted by molar-refractivity contribution is 5.94. The lowest BCUT2D eigenvalue weighted by atomic mass is 10.1. The fourth-order valence-electron chi connectivity index (χ4n) is 2.69. The molecular formula is C19H22N2O2. The lowest BCUT2D eigenvalue weighted by Gasteiger charge is -2.23. The van der Waals surface area contributed by atoms with Crippen LogP contribution >= 0.6 is 0 Å². The van der Waals surface area contributed by atoms with Crippen molar-refractivity contribution in [1.29, 1.82) is 0 Å². The van der Waals surface area contributed by atoms with Gasteiger partial charge in [0.05, 0.1) is 0 Å². The third-order valence-electron chi connectivity index (χ3n) is 4.00. The number of piperidine rings is 1. The van der Waals surface area contributed by atoms with Gasteiger partial charge < -0.3 is 15.4 Å². The van der Waals surface area contributed by atoms with Gasteiger partial charge >= 0.3 is 0 Å². The third-order valence-corrected chi connectivity index (χ3v) is 4.00. The number of carbonyl (C=O) groups is 1. The first-order chi connectivity index (χ1) is 11.3. The molecular weight excluding hydrogens is 288 g/mol. The van der Waals surface area contributed by atoms with Crippen molar-refractivity contribution < 1.29 is 9.53 Å². The molecule has 0 bridgehead atoms. The van der Waals surface area contributed by atoms with Gasteiger partial charge in [-0.3, -0.25) is 4.79 Å². The Hall–Kier alpha value is -2.33. The van der Waals surface area contributed by atoms with Crippen LogP contribution in [0.4, 0.5) is 0 Å². The Morgan fingerprint density at radius 2 is 1.91 bits per heavy atom. The van der Waals surface area contributed by atoms with Gasteiger partial charge in [0, 0.05) is 18.2 Å². The Bertz CT molecular complexity index is 620. The van der Waals surface area contributed by atoms with Crippen molar-refractivity contribution in [3.05, 3.63) is 65.7 Å². The molecule has 1 atom stereocenters. The number of nitrogens with one attached hydrogen (secondary N) is 2. The van der Waals surface area contributed by atoms with E-state index in [9.17, 15) is 4.79 Å². The van der Waals surface area contributed by atoms with Gasteiger partial charge in [0.15, 0.2) is 0 Å². The molecule has 120 valence electrons. The summed E-state index contributed by atoms with van der Waals surface area (Å²) in [7, 11) is 0. The van der Waals surface area contributed by atoms with Gasteiger partial charge in [-0.25, -0.2) is 0 Å². The summed E-state index contributed by atoms with van der Waals surface area (Å²) in [6, 6.07) is 17.6. The highest BCUT2D eigenvalue weighted by atomic mass is 16.5. The topological polar surface area (TPSA) is 50.4 Å². The van der Waals surface area contributed by atoms with Crippen LogP contribution in [0.25, 0.3) is 0 Å². The summed E-state index contributed by atoms with van der Waals surface area (Å²) < 4.78 is 5.74. The highest BCUT2D eigenvalue weighted by Gasteiger charge is 2.16. The Balaban J connectivity index is 1.52. The molecule has 0 aliphatic carbocycles. The number of hydrogen-bond donors (Lipinski definition) is 2. The molecule has 1 unspecified atom stereocenters. The second kappa shape index (κ2) is 7.79. The quantitative estimate of drug-likeness (QED) is 0.893. The molecule has 0 saturated carbocycles. The van der Waals surface area contributed by atoms with E-state index in [0.717, 1.165) is 37.2 Å². The number of hydrogen-bond acceptors (Lipinski definition) is 3. The molecule has 23 heavy (non-hydrogen) atoms. The molecule has 0 radical (unpaired) electrons. The van der Waals surface area contributed by atoms with Crippen molar-refractivity contribution >= 4 is 5.91 Å². The van der Waals surface area contributed by atoms with Crippen LogP contribution in [0, 0.1) is 0 Å². The van der Waals surface area contributed by atoms with E-state index >= 15 is 0 Å². The average Bonchev–Trinajstić information content (AvgIpc) is 2.62. The zero-order valence-electron chi connectivity index (χ0n) is 13.1. The van der Waals surface area contributed by atoms with Crippen molar-refractivity contribution in [1.82, 2.24) is 10.6 Å². The normalized spacial score (nSPS) is 17.5. The van der Waals surface area contributed by atoms with Crippen molar-refractivity contribution in [3.8, 4) is 5.75 Å². The standard InChI is InChI=1S/C19H22N2O2/c22-19(21-17-7-4-12-20-13-17)16-8-10-18(11-9-16)23-14-15-5-2-1-3-6-15/h1-3,5-6,8-11,17,20H,4,7,12-14H2,(H,21,22). The number of ether oxygens (including phenoxy) is 1. The first-order valence-corrected chi connectivity index (χ1v) is 8.09. The van der Waals surface area contributed by atoms with Crippen LogP contribution in [0.15, 0.2) is 54.6 Å². The van der Waals surface area contributed by atoms with Crippen LogP contribution in [0.2, 0.25) is 0 Å². The van der Waals surface area contributed by atoms with Crippen LogP contribution in [0.1, 0.15) is 28.8 Å². The van der Waals surface area contributed by atoms with E-state index in [1.807, 2.05) is 54.6 Å². The maximum absolute atomic E-state index is 12.2. The largest absolute Gasteiger partial charge is 0.489 e. The van der Waals surface area contributed by atoms with E-state index in [2.05, 4.69) is 10.6 Å². The van der Waals surface area contributed by atoms with Crippen LogP contribution in [-0.4, -0.2) is 25.0 Å². The second-order valence-electron chi connectivity index (χ2n) is 5.82. The van der Waals surface area contributed by atoms with Gasteiger partial charge in [-0.05, 0) is 49.2 Å². The van der Waals surface area contributed by atoms with Crippen molar-refractivity contribution in [2.45, 2.75) is 25.5 Å². The van der Waals surface area contributed by atoms with Crippen molar-refractivity contribution in [3.63, 3.8) is 0 Å². The van der Waals surface area contributed by atoms with E-state index in [1.165, 1.54) is 0 Å². The minimum atomic E-state index is -0.0201. The summed E-state index contributed by atoms with van der Waals surface area (Å²) in [5, 5.41) is 6.37. The van der Waals surface area contributed by atoms with Crippen LogP contribution in [-0.2, 0) is 6.61 Å². The molecule has 2 aromatic carbocycles. The molecule has 3 rings (SSSR count). The molecule has 2 N–H and O–H groups in total. The molecule has 1 aliphatic heterocycles. The van der Waals surface area contributed by atoms with Gasteiger partial charge in [0.1, 0.15) is 12.4 Å². The molecule has 1 aliphatic rings. The van der Waals surface area contributed by atoms with Gasteiger partial charge in [-0.2, -0.15) is 0 Å². The molecule has 1 fully saturated rings. The van der Waals surface area contributed by atoms with Crippen LogP contribution < -0.4 is 15.4 Å². The first-order valence-electron chi connectivity index (χ1n) is 8.09. The van der Waals surface area contributed by atoms with E-state index in [-0.39, 0.29) is 11.9 Å². The number of amides is 1. The minimum absolute atomic E-state index is 0.0201. The zero-order valence-corrected chi connectivity index (χ0v) is 13.1. The number of benzene rings is 2. The summed E-state index contributed by atoms with van der Waals surface area (Å²) in [6.45, 7) is 2.42. The first kappa shape index (κ1) is 15.6. The smallest absolute Gasteiger partial charge is 0.251 e. The number of carbonyl (C=O) groups excluding carboxylic acids is 1. The van der Waals surface area contributed by atoms with Crippen LogP contribution in [0.5, 0.6) is 5.75 Å². The van der Waals surface area contributed by atoms with E-state index in [4.69, 9.17) is 4.74 Å². The van der Waals surface area contributed by atoms with Crippen LogP contribution in [0.3, 0.4) is 0 Å². The zero-order chi connectivity index (χ0) is 15.9. The predicted octanol–water partition coefficient (Wildman–Crippen LogP) is 2.75. The van der Waals surface area contributed by atoms with Gasteiger partial charge in [-0.15, -0.1) is 0 Å². The fraction of sp³-hybridized carbons (Fsp3) is 0.316. The van der Waals surface area contributed by atoms with Gasteiger partial charge in [0.2, 0.25) is 0 Å². The SMILES string of the molecule is O=C(NC1CCCNC1)c1ccc(OCc2ccccc2)cc1. The summed E-state index contributed by atoms with van der Waals surface area (Å²) in [5.74, 6) is 0.748. The summed E-state index contributed by atoms with van der Waals surface area (Å²) >= 11 is 0. The molecule has 0 aromatic heterocycles. The minimum Gasteiger partial charge on any atom is -0.489 e. The second-order valence-corrected chi connectivity index (χ2v) is 5.82. The summed E-state index contributed by atoms with van der Waals surface area (Å²) in [6.07, 6.45) is 2.15. The molecule has 1 amide bonds. The number of rotatable bonds is 5. The lowest BCUT2D eigenvalue weighted by Crippen LogP contribution is -2.45. The average molecular weight is 310 g/mol. The molecule has 4 nitrogen and oxygen atoms in total. The summed E-state index contributed by atoms with van der Waals surface area (Å²) in [5.41, 5.74) is 1.79. The molecule has 0 spiro atoms. The molecule has 1 heterocycles. The molecule has 2 aromatic rings. The van der Waals surface area contributed by atoms with E-state index < -0.39 is 0 Å². The molecule has 1 saturated heterocycles. The monoisotopic (exact) mass is 310 g/mol. The predicted molar refractivity (Wildman–Crippen MR) is 90.6 cm³/mol. The van der Waals surface area contributed by atoms with Gasteiger partial charge in [0.25, 0.3) is 5.91 Å². The summed E-state index contributed by atoms with van der Waals surface area (Å²) in [4.78, 5) is 12.2.